The number of nitrogens with one attached hydrogen (secondary N) is 1. The van der Waals surface area contributed by atoms with Gasteiger partial charge in [0.05, 0.1) is 38.1 Å². The van der Waals surface area contributed by atoms with Crippen LogP contribution < -0.4 is 4.74 Å². The topological polar surface area (TPSA) is 114 Å². The summed E-state index contributed by atoms with van der Waals surface area (Å²) in [5.41, 5.74) is -1.64. The Balaban J connectivity index is 3.25. The van der Waals surface area contributed by atoms with Gasteiger partial charge in [0.15, 0.2) is 11.5 Å². The lowest BCUT2D eigenvalue weighted by Crippen LogP contribution is -2.42. The van der Waals surface area contributed by atoms with Crippen molar-refractivity contribution in [2.45, 2.75) is 0 Å². The van der Waals surface area contributed by atoms with E-state index >= 15 is 0 Å². The van der Waals surface area contributed by atoms with Crippen molar-refractivity contribution < 1.29 is 25.2 Å². The van der Waals surface area contributed by atoms with Gasteiger partial charge in [0, 0.05) is 5.56 Å². The Bertz CT molecular complexity index is 420. The molecule has 0 spiro atoms. The zero-order valence-electron chi connectivity index (χ0n) is 10.1. The summed E-state index contributed by atoms with van der Waals surface area (Å²) in [4.78, 5) is 0. The van der Waals surface area contributed by atoms with Gasteiger partial charge in [0.2, 0.25) is 0 Å². The van der Waals surface area contributed by atoms with Gasteiger partial charge >= 0.3 is 0 Å². The number of aliphatic hydroxyl groups excluding tert-OH is 3. The number of rotatable bonds is 6. The van der Waals surface area contributed by atoms with Gasteiger partial charge in [0.1, 0.15) is 0 Å². The van der Waals surface area contributed by atoms with Crippen LogP contribution in [0.3, 0.4) is 0 Å². The van der Waals surface area contributed by atoms with Crippen molar-refractivity contribution in [2.75, 3.05) is 26.9 Å². The lowest BCUT2D eigenvalue weighted by atomic mass is 9.81. The quantitative estimate of drug-likeness (QED) is 0.449. The van der Waals surface area contributed by atoms with Crippen LogP contribution in [0.1, 0.15) is 5.56 Å². The Hall–Kier alpha value is -1.63. The van der Waals surface area contributed by atoms with E-state index < -0.39 is 25.2 Å². The Kier molecular flexibility index (Phi) is 4.66. The number of para-hydroxylation sites is 1. The summed E-state index contributed by atoms with van der Waals surface area (Å²) in [6, 6.07) is 4.54. The summed E-state index contributed by atoms with van der Waals surface area (Å²) in [5, 5.41) is 45.6. The summed E-state index contributed by atoms with van der Waals surface area (Å²) in [6.07, 6.45) is 0. The number of ether oxygens (including phenoxy) is 1. The molecule has 6 nitrogen and oxygen atoms in total. The van der Waals surface area contributed by atoms with E-state index in [1.54, 1.807) is 6.07 Å². The van der Waals surface area contributed by atoms with E-state index in [2.05, 4.69) is 0 Å². The van der Waals surface area contributed by atoms with Crippen LogP contribution in [0, 0.1) is 10.8 Å². The standard InChI is InChI=1S/C12H17NO5/c1-18-9-4-2-3-8(10(9)17)11(13)12(5-14,6-15)7-16/h2-4,13-17H,5-7H2,1H3. The molecule has 0 bridgehead atoms. The molecular weight excluding hydrogens is 238 g/mol. The van der Waals surface area contributed by atoms with Gasteiger partial charge < -0.3 is 30.6 Å². The summed E-state index contributed by atoms with van der Waals surface area (Å²) in [7, 11) is 1.37. The molecule has 1 aromatic carbocycles. The number of methoxy groups -OCH3 is 1. The third kappa shape index (κ3) is 2.31. The molecule has 0 aliphatic heterocycles. The van der Waals surface area contributed by atoms with Crippen LogP contribution in [0.5, 0.6) is 11.5 Å². The van der Waals surface area contributed by atoms with Crippen LogP contribution in [-0.2, 0) is 0 Å². The molecule has 0 aliphatic carbocycles. The van der Waals surface area contributed by atoms with Gasteiger partial charge in [-0.15, -0.1) is 0 Å². The third-order valence-electron chi connectivity index (χ3n) is 2.93. The first-order chi connectivity index (χ1) is 8.56. The molecule has 18 heavy (non-hydrogen) atoms. The van der Waals surface area contributed by atoms with E-state index in [0.717, 1.165) is 0 Å². The second kappa shape index (κ2) is 5.81. The largest absolute Gasteiger partial charge is 0.504 e. The molecule has 0 saturated carbocycles. The minimum atomic E-state index is -1.50. The maximum atomic E-state index is 9.90. The second-order valence-electron chi connectivity index (χ2n) is 3.99. The average molecular weight is 255 g/mol. The molecule has 0 radical (unpaired) electrons. The highest BCUT2D eigenvalue weighted by atomic mass is 16.5. The minimum absolute atomic E-state index is 0.103. The van der Waals surface area contributed by atoms with Crippen molar-refractivity contribution >= 4 is 5.71 Å². The lowest BCUT2D eigenvalue weighted by Gasteiger charge is -2.28. The van der Waals surface area contributed by atoms with Gasteiger partial charge in [-0.1, -0.05) is 6.07 Å². The summed E-state index contributed by atoms with van der Waals surface area (Å²) in [6.45, 7) is -1.81. The Morgan fingerprint density at radius 2 is 1.78 bits per heavy atom. The van der Waals surface area contributed by atoms with Crippen LogP contribution in [-0.4, -0.2) is 53.1 Å². The number of aliphatic hydroxyl groups is 3. The van der Waals surface area contributed by atoms with Crippen LogP contribution in [0.2, 0.25) is 0 Å². The molecular formula is C12H17NO5. The fraction of sp³-hybridized carbons (Fsp3) is 0.417. The first-order valence-corrected chi connectivity index (χ1v) is 5.34. The molecule has 6 heteroatoms. The minimum Gasteiger partial charge on any atom is -0.504 e. The monoisotopic (exact) mass is 255 g/mol. The first kappa shape index (κ1) is 14.4. The highest BCUT2D eigenvalue weighted by molar-refractivity contribution is 6.05. The van der Waals surface area contributed by atoms with E-state index in [0.29, 0.717) is 0 Å². The Labute approximate surface area is 105 Å². The maximum Gasteiger partial charge on any atom is 0.166 e. The summed E-state index contributed by atoms with van der Waals surface area (Å²) in [5.74, 6) is -0.0790. The van der Waals surface area contributed by atoms with Crippen LogP contribution >= 0.6 is 0 Å². The summed E-state index contributed by atoms with van der Waals surface area (Å²) >= 11 is 0. The average Bonchev–Trinajstić information content (AvgIpc) is 2.41. The number of phenolic OH excluding ortho intramolecular Hbond substituents is 1. The van der Waals surface area contributed by atoms with Gasteiger partial charge in [-0.2, -0.15) is 0 Å². The van der Waals surface area contributed by atoms with Crippen LogP contribution in [0.4, 0.5) is 0 Å². The Morgan fingerprint density at radius 1 is 1.22 bits per heavy atom. The fourth-order valence-electron chi connectivity index (χ4n) is 1.56. The van der Waals surface area contributed by atoms with Crippen molar-refractivity contribution in [3.8, 4) is 11.5 Å². The predicted molar refractivity (Wildman–Crippen MR) is 65.2 cm³/mol. The third-order valence-corrected chi connectivity index (χ3v) is 2.93. The maximum absolute atomic E-state index is 9.90. The molecule has 0 atom stereocenters. The van der Waals surface area contributed by atoms with Gasteiger partial charge in [-0.25, -0.2) is 0 Å². The molecule has 100 valence electrons. The van der Waals surface area contributed by atoms with E-state index in [4.69, 9.17) is 10.1 Å². The van der Waals surface area contributed by atoms with Crippen molar-refractivity contribution in [3.63, 3.8) is 0 Å². The first-order valence-electron chi connectivity index (χ1n) is 5.34. The molecule has 0 heterocycles. The number of hydrogen-bond donors (Lipinski definition) is 5. The number of aromatic hydroxyl groups is 1. The smallest absolute Gasteiger partial charge is 0.166 e. The highest BCUT2D eigenvalue weighted by Crippen LogP contribution is 2.33. The molecule has 0 saturated heterocycles. The van der Waals surface area contributed by atoms with Crippen molar-refractivity contribution in [3.05, 3.63) is 23.8 Å². The van der Waals surface area contributed by atoms with Crippen molar-refractivity contribution in [1.82, 2.24) is 0 Å². The normalized spacial score (nSPS) is 11.3. The zero-order chi connectivity index (χ0) is 13.8. The zero-order valence-corrected chi connectivity index (χ0v) is 10.1. The number of benzene rings is 1. The SMILES string of the molecule is COc1cccc(C(=N)C(CO)(CO)CO)c1O. The molecule has 1 aromatic rings. The van der Waals surface area contributed by atoms with Crippen molar-refractivity contribution in [1.29, 1.82) is 5.41 Å². The molecule has 0 amide bonds. The lowest BCUT2D eigenvalue weighted by molar-refractivity contribution is 0.0560. The fourth-order valence-corrected chi connectivity index (χ4v) is 1.56. The number of hydrogen-bond acceptors (Lipinski definition) is 6. The summed E-state index contributed by atoms with van der Waals surface area (Å²) < 4.78 is 4.92. The van der Waals surface area contributed by atoms with Crippen molar-refractivity contribution in [2.24, 2.45) is 5.41 Å². The van der Waals surface area contributed by atoms with Gasteiger partial charge in [0.25, 0.3) is 0 Å². The molecule has 0 fully saturated rings. The number of phenols is 1. The molecule has 0 aromatic heterocycles. The van der Waals surface area contributed by atoms with E-state index in [1.807, 2.05) is 0 Å². The second-order valence-corrected chi connectivity index (χ2v) is 3.99. The Morgan fingerprint density at radius 3 is 2.22 bits per heavy atom. The molecule has 5 N–H and O–H groups in total. The van der Waals surface area contributed by atoms with E-state index in [-0.39, 0.29) is 22.8 Å². The van der Waals surface area contributed by atoms with Gasteiger partial charge in [-0.05, 0) is 12.1 Å². The molecule has 0 unspecified atom stereocenters. The highest BCUT2D eigenvalue weighted by Gasteiger charge is 2.35. The predicted octanol–water partition coefficient (Wildman–Crippen LogP) is -0.268. The van der Waals surface area contributed by atoms with E-state index in [1.165, 1.54) is 19.2 Å². The van der Waals surface area contributed by atoms with E-state index in [9.17, 15) is 20.4 Å². The van der Waals surface area contributed by atoms with Crippen LogP contribution in [0.15, 0.2) is 18.2 Å². The molecule has 1 rings (SSSR count). The van der Waals surface area contributed by atoms with Crippen LogP contribution in [0.25, 0.3) is 0 Å². The molecule has 0 aliphatic rings. The van der Waals surface area contributed by atoms with Gasteiger partial charge in [-0.3, -0.25) is 0 Å².